The lowest BCUT2D eigenvalue weighted by molar-refractivity contribution is -0.143. The Balaban J connectivity index is 2.41. The van der Waals surface area contributed by atoms with Crippen molar-refractivity contribution in [1.29, 1.82) is 0 Å². The first-order valence-electron chi connectivity index (χ1n) is 4.76. The van der Waals surface area contributed by atoms with Gasteiger partial charge in [-0.3, -0.25) is 4.79 Å². The molecule has 1 aliphatic heterocycles. The van der Waals surface area contributed by atoms with Crippen LogP contribution < -0.4 is 0 Å². The number of carbonyl (C=O) groups is 1. The van der Waals surface area contributed by atoms with E-state index in [9.17, 15) is 9.90 Å². The summed E-state index contributed by atoms with van der Waals surface area (Å²) in [6.07, 6.45) is 0.479. The molecule has 1 aliphatic rings. The molecule has 1 heterocycles. The highest BCUT2D eigenvalue weighted by molar-refractivity contribution is 5.82. The summed E-state index contributed by atoms with van der Waals surface area (Å²) in [5, 5.41) is 18.4. The van der Waals surface area contributed by atoms with E-state index >= 15 is 0 Å². The van der Waals surface area contributed by atoms with Gasteiger partial charge in [-0.05, 0) is 24.1 Å². The molecule has 1 fully saturated rings. The molecule has 1 saturated heterocycles. The summed E-state index contributed by atoms with van der Waals surface area (Å²) in [4.78, 5) is 11.3. The van der Waals surface area contributed by atoms with Crippen molar-refractivity contribution in [2.24, 2.45) is 0 Å². The molecule has 1 aromatic rings. The molecular weight excluding hydrogens is 196 g/mol. The van der Waals surface area contributed by atoms with Gasteiger partial charge in [-0.25, -0.2) is 0 Å². The number of hydrogen-bond donors (Lipinski definition) is 2. The number of ether oxygens (including phenoxy) is 1. The third-order valence-corrected chi connectivity index (χ3v) is 2.85. The Labute approximate surface area is 87.1 Å². The molecule has 80 valence electrons. The number of phenolic OH excluding ortho intramolecular Hbond substituents is 1. The highest BCUT2D eigenvalue weighted by Crippen LogP contribution is 2.34. The van der Waals surface area contributed by atoms with Gasteiger partial charge in [0, 0.05) is 6.61 Å². The molecule has 4 heteroatoms. The smallest absolute Gasteiger partial charge is 0.316 e. The van der Waals surface area contributed by atoms with Gasteiger partial charge in [-0.2, -0.15) is 0 Å². The lowest BCUT2D eigenvalue weighted by Gasteiger charge is -2.22. The van der Waals surface area contributed by atoms with Gasteiger partial charge in [0.15, 0.2) is 0 Å². The van der Waals surface area contributed by atoms with Crippen molar-refractivity contribution in [2.75, 3.05) is 13.2 Å². The van der Waals surface area contributed by atoms with E-state index in [1.807, 2.05) is 0 Å². The second-order valence-electron chi connectivity index (χ2n) is 3.74. The van der Waals surface area contributed by atoms with Crippen molar-refractivity contribution in [1.82, 2.24) is 0 Å². The maximum Gasteiger partial charge on any atom is 0.316 e. The van der Waals surface area contributed by atoms with Crippen molar-refractivity contribution in [3.05, 3.63) is 29.8 Å². The SMILES string of the molecule is O=C(O)C1(c2ccc(O)cc2)CCOC1. The van der Waals surface area contributed by atoms with Crippen LogP contribution in [0.5, 0.6) is 5.75 Å². The summed E-state index contributed by atoms with van der Waals surface area (Å²) in [7, 11) is 0. The minimum absolute atomic E-state index is 0.137. The highest BCUT2D eigenvalue weighted by Gasteiger charge is 2.44. The van der Waals surface area contributed by atoms with Crippen LogP contribution in [0.3, 0.4) is 0 Å². The van der Waals surface area contributed by atoms with E-state index in [2.05, 4.69) is 0 Å². The standard InChI is InChI=1S/C11H12O4/c12-9-3-1-8(2-4-9)11(10(13)14)5-6-15-7-11/h1-4,12H,5-7H2,(H,13,14). The first-order chi connectivity index (χ1) is 7.15. The lowest BCUT2D eigenvalue weighted by atomic mass is 9.80. The molecule has 4 nitrogen and oxygen atoms in total. The minimum atomic E-state index is -0.937. The van der Waals surface area contributed by atoms with Gasteiger partial charge < -0.3 is 14.9 Å². The lowest BCUT2D eigenvalue weighted by Crippen LogP contribution is -2.36. The quantitative estimate of drug-likeness (QED) is 0.764. The Bertz CT molecular complexity index is 363. The minimum Gasteiger partial charge on any atom is -0.508 e. The molecule has 15 heavy (non-hydrogen) atoms. The van der Waals surface area contributed by atoms with Crippen molar-refractivity contribution < 1.29 is 19.7 Å². The predicted molar refractivity (Wildman–Crippen MR) is 52.9 cm³/mol. The van der Waals surface area contributed by atoms with Crippen LogP contribution in [0.25, 0.3) is 0 Å². The second kappa shape index (κ2) is 3.55. The number of hydrogen-bond acceptors (Lipinski definition) is 3. The Morgan fingerprint density at radius 1 is 1.33 bits per heavy atom. The summed E-state index contributed by atoms with van der Waals surface area (Å²) in [6.45, 7) is 0.667. The number of rotatable bonds is 2. The predicted octanol–water partition coefficient (Wildman–Crippen LogP) is 1.13. The van der Waals surface area contributed by atoms with Crippen LogP contribution in [-0.4, -0.2) is 29.4 Å². The molecule has 0 spiro atoms. The highest BCUT2D eigenvalue weighted by atomic mass is 16.5. The van der Waals surface area contributed by atoms with Gasteiger partial charge in [0.25, 0.3) is 0 Å². The molecule has 0 aliphatic carbocycles. The topological polar surface area (TPSA) is 66.8 Å². The van der Waals surface area contributed by atoms with E-state index in [0.717, 1.165) is 0 Å². The molecule has 2 rings (SSSR count). The van der Waals surface area contributed by atoms with Crippen LogP contribution in [-0.2, 0) is 14.9 Å². The van der Waals surface area contributed by atoms with Crippen LogP contribution in [0.2, 0.25) is 0 Å². The molecule has 1 unspecified atom stereocenters. The van der Waals surface area contributed by atoms with Crippen LogP contribution in [0, 0.1) is 0 Å². The van der Waals surface area contributed by atoms with Gasteiger partial charge >= 0.3 is 5.97 Å². The average Bonchev–Trinajstić information content (AvgIpc) is 2.69. The van der Waals surface area contributed by atoms with Crippen molar-refractivity contribution >= 4 is 5.97 Å². The summed E-state index contributed by atoms with van der Waals surface area (Å²) >= 11 is 0. The van der Waals surface area contributed by atoms with Gasteiger partial charge in [-0.15, -0.1) is 0 Å². The fourth-order valence-corrected chi connectivity index (χ4v) is 1.87. The Morgan fingerprint density at radius 2 is 2.00 bits per heavy atom. The summed E-state index contributed by atoms with van der Waals surface area (Å²) in [5.74, 6) is -0.733. The van der Waals surface area contributed by atoms with Crippen molar-refractivity contribution in [3.8, 4) is 5.75 Å². The van der Waals surface area contributed by atoms with Crippen LogP contribution >= 0.6 is 0 Å². The van der Waals surface area contributed by atoms with E-state index in [-0.39, 0.29) is 12.4 Å². The number of aromatic hydroxyl groups is 1. The van der Waals surface area contributed by atoms with Gasteiger partial charge in [-0.1, -0.05) is 12.1 Å². The van der Waals surface area contributed by atoms with Crippen LogP contribution in [0.4, 0.5) is 0 Å². The molecule has 0 bridgehead atoms. The fraction of sp³-hybridized carbons (Fsp3) is 0.364. The maximum atomic E-state index is 11.3. The zero-order valence-electron chi connectivity index (χ0n) is 8.14. The molecule has 2 N–H and O–H groups in total. The normalized spacial score (nSPS) is 25.3. The summed E-state index contributed by atoms with van der Waals surface area (Å²) in [6, 6.07) is 6.27. The van der Waals surface area contributed by atoms with Gasteiger partial charge in [0.05, 0.1) is 6.61 Å². The first-order valence-corrected chi connectivity index (χ1v) is 4.76. The zero-order valence-corrected chi connectivity index (χ0v) is 8.14. The van der Waals surface area contributed by atoms with E-state index in [1.54, 1.807) is 12.1 Å². The van der Waals surface area contributed by atoms with Crippen LogP contribution in [0.15, 0.2) is 24.3 Å². The summed E-state index contributed by atoms with van der Waals surface area (Å²) in [5.41, 5.74) is -0.251. The summed E-state index contributed by atoms with van der Waals surface area (Å²) < 4.78 is 5.16. The third kappa shape index (κ3) is 1.57. The van der Waals surface area contributed by atoms with E-state index in [4.69, 9.17) is 9.84 Å². The van der Waals surface area contributed by atoms with E-state index in [0.29, 0.717) is 18.6 Å². The Morgan fingerprint density at radius 3 is 2.47 bits per heavy atom. The number of benzene rings is 1. The number of carboxylic acids is 1. The molecule has 0 aromatic heterocycles. The number of phenols is 1. The van der Waals surface area contributed by atoms with Crippen molar-refractivity contribution in [3.63, 3.8) is 0 Å². The van der Waals surface area contributed by atoms with Crippen molar-refractivity contribution in [2.45, 2.75) is 11.8 Å². The maximum absolute atomic E-state index is 11.3. The molecule has 0 amide bonds. The molecule has 0 saturated carbocycles. The van der Waals surface area contributed by atoms with E-state index in [1.165, 1.54) is 12.1 Å². The Kier molecular flexibility index (Phi) is 2.36. The number of aliphatic carboxylic acids is 1. The van der Waals surface area contributed by atoms with Gasteiger partial charge in [0.2, 0.25) is 0 Å². The molecule has 1 atom stereocenters. The fourth-order valence-electron chi connectivity index (χ4n) is 1.87. The molecular formula is C11H12O4. The van der Waals surface area contributed by atoms with Gasteiger partial charge in [0.1, 0.15) is 11.2 Å². The average molecular weight is 208 g/mol. The molecule has 1 aromatic carbocycles. The largest absolute Gasteiger partial charge is 0.508 e. The van der Waals surface area contributed by atoms with Crippen LogP contribution in [0.1, 0.15) is 12.0 Å². The monoisotopic (exact) mass is 208 g/mol. The third-order valence-electron chi connectivity index (χ3n) is 2.85. The van der Waals surface area contributed by atoms with E-state index < -0.39 is 11.4 Å². The zero-order chi connectivity index (χ0) is 10.9. The molecule has 0 radical (unpaired) electrons. The number of carboxylic acid groups (broad SMARTS) is 1. The Hall–Kier alpha value is -1.55. The first kappa shape index (κ1) is 9.98. The second-order valence-corrected chi connectivity index (χ2v) is 3.74.